The minimum absolute atomic E-state index is 0.0410. The zero-order valence-corrected chi connectivity index (χ0v) is 13.7. The van der Waals surface area contributed by atoms with Crippen LogP contribution in [-0.2, 0) is 0 Å². The van der Waals surface area contributed by atoms with E-state index in [1.807, 2.05) is 11.8 Å². The minimum Gasteiger partial charge on any atom is -0.343 e. The molecule has 0 aromatic carbocycles. The average molecular weight is 334 g/mol. The van der Waals surface area contributed by atoms with Crippen LogP contribution >= 0.6 is 11.3 Å². The molecule has 1 N–H and O–H groups in total. The molecule has 0 spiro atoms. The fourth-order valence-corrected chi connectivity index (χ4v) is 3.67. The van der Waals surface area contributed by atoms with Crippen molar-refractivity contribution in [1.29, 1.82) is 0 Å². The van der Waals surface area contributed by atoms with E-state index >= 15 is 0 Å². The summed E-state index contributed by atoms with van der Waals surface area (Å²) in [6, 6.07) is 1.91. The molecule has 2 aromatic rings. The predicted octanol–water partition coefficient (Wildman–Crippen LogP) is 0.453. The molecule has 0 atom stereocenters. The Labute approximate surface area is 136 Å². The lowest BCUT2D eigenvalue weighted by atomic mass is 10.3. The van der Waals surface area contributed by atoms with Crippen LogP contribution in [0.15, 0.2) is 10.9 Å². The van der Waals surface area contributed by atoms with E-state index in [2.05, 4.69) is 20.3 Å². The Kier molecular flexibility index (Phi) is 3.44. The van der Waals surface area contributed by atoms with Crippen LogP contribution in [0.25, 0.3) is 4.96 Å². The molecule has 2 aromatic heterocycles. The van der Waals surface area contributed by atoms with E-state index in [9.17, 15) is 9.59 Å². The van der Waals surface area contributed by atoms with Gasteiger partial charge in [-0.1, -0.05) is 11.3 Å². The average Bonchev–Trinajstić information content (AvgIpc) is 3.23. The number of aryl methyl sites for hydroxylation is 1. The molecule has 1 aliphatic carbocycles. The van der Waals surface area contributed by atoms with Crippen LogP contribution in [0.2, 0.25) is 0 Å². The van der Waals surface area contributed by atoms with E-state index in [4.69, 9.17) is 0 Å². The molecule has 0 bridgehead atoms. The van der Waals surface area contributed by atoms with Crippen LogP contribution < -0.4 is 15.8 Å². The Morgan fingerprint density at radius 1 is 1.30 bits per heavy atom. The van der Waals surface area contributed by atoms with Gasteiger partial charge >= 0.3 is 6.03 Å². The minimum atomic E-state index is -0.237. The first-order valence-corrected chi connectivity index (χ1v) is 8.60. The molecule has 0 unspecified atom stereocenters. The highest BCUT2D eigenvalue weighted by atomic mass is 32.1. The number of carbonyl (C=O) groups excluding carboxylic acids is 1. The standard InChI is InChI=1S/C14H18N6O2S/c1-9-8-11(21)16-13-20(9)17-14(23-13)19-6-4-18(5-7-19)12(22)15-10-2-3-10/h8,10H,2-7H2,1H3,(H,15,22). The van der Waals surface area contributed by atoms with Crippen molar-refractivity contribution in [2.24, 2.45) is 0 Å². The molecule has 122 valence electrons. The maximum absolute atomic E-state index is 12.0. The van der Waals surface area contributed by atoms with Crippen LogP contribution in [0.1, 0.15) is 18.5 Å². The Bertz CT molecular complexity index is 803. The van der Waals surface area contributed by atoms with E-state index < -0.39 is 0 Å². The lowest BCUT2D eigenvalue weighted by Crippen LogP contribution is -2.52. The third-order valence-electron chi connectivity index (χ3n) is 4.16. The summed E-state index contributed by atoms with van der Waals surface area (Å²) in [5.41, 5.74) is 0.546. The Balaban J connectivity index is 1.46. The quantitative estimate of drug-likeness (QED) is 0.862. The van der Waals surface area contributed by atoms with Crippen molar-refractivity contribution in [3.8, 4) is 0 Å². The van der Waals surface area contributed by atoms with E-state index in [-0.39, 0.29) is 11.6 Å². The number of piperazine rings is 1. The highest BCUT2D eigenvalue weighted by Gasteiger charge is 2.28. The van der Waals surface area contributed by atoms with Gasteiger partial charge in [0.25, 0.3) is 5.56 Å². The van der Waals surface area contributed by atoms with Crippen molar-refractivity contribution >= 4 is 27.5 Å². The van der Waals surface area contributed by atoms with Gasteiger partial charge in [0.15, 0.2) is 0 Å². The molecule has 8 nitrogen and oxygen atoms in total. The van der Waals surface area contributed by atoms with E-state index in [0.717, 1.165) is 36.8 Å². The number of fused-ring (bicyclic) bond motifs is 1. The number of aromatic nitrogens is 3. The summed E-state index contributed by atoms with van der Waals surface area (Å²) in [4.78, 5) is 32.1. The molecule has 2 fully saturated rings. The highest BCUT2D eigenvalue weighted by molar-refractivity contribution is 7.20. The number of urea groups is 1. The Hall–Kier alpha value is -2.16. The second kappa shape index (κ2) is 5.48. The van der Waals surface area contributed by atoms with Crippen molar-refractivity contribution in [2.45, 2.75) is 25.8 Å². The lowest BCUT2D eigenvalue weighted by Gasteiger charge is -2.34. The number of nitrogens with one attached hydrogen (secondary N) is 1. The lowest BCUT2D eigenvalue weighted by molar-refractivity contribution is 0.194. The third-order valence-corrected chi connectivity index (χ3v) is 5.13. The largest absolute Gasteiger partial charge is 0.343 e. The van der Waals surface area contributed by atoms with Crippen molar-refractivity contribution in [3.05, 3.63) is 22.1 Å². The number of nitrogens with zero attached hydrogens (tertiary/aromatic N) is 5. The van der Waals surface area contributed by atoms with Gasteiger partial charge in [0.2, 0.25) is 10.1 Å². The molecule has 1 saturated heterocycles. The number of rotatable bonds is 2. The molecule has 2 aliphatic rings. The monoisotopic (exact) mass is 334 g/mol. The number of hydrogen-bond donors (Lipinski definition) is 1. The Morgan fingerprint density at radius 3 is 2.74 bits per heavy atom. The molecule has 23 heavy (non-hydrogen) atoms. The fourth-order valence-electron chi connectivity index (χ4n) is 2.66. The second-order valence-corrected chi connectivity index (χ2v) is 6.95. The van der Waals surface area contributed by atoms with Gasteiger partial charge in [0.1, 0.15) is 0 Å². The van der Waals surface area contributed by atoms with Gasteiger partial charge in [-0.2, -0.15) is 4.98 Å². The highest BCUT2D eigenvalue weighted by Crippen LogP contribution is 2.24. The summed E-state index contributed by atoms with van der Waals surface area (Å²) in [5, 5.41) is 8.41. The number of anilines is 1. The first-order chi connectivity index (χ1) is 11.1. The maximum Gasteiger partial charge on any atom is 0.317 e. The van der Waals surface area contributed by atoms with Crippen molar-refractivity contribution < 1.29 is 4.79 Å². The molecule has 2 amide bonds. The zero-order chi connectivity index (χ0) is 16.0. The van der Waals surface area contributed by atoms with Crippen LogP contribution in [0.4, 0.5) is 9.93 Å². The van der Waals surface area contributed by atoms with Crippen LogP contribution in [0.5, 0.6) is 0 Å². The third kappa shape index (κ3) is 2.88. The molecule has 4 rings (SSSR count). The molecule has 0 radical (unpaired) electrons. The van der Waals surface area contributed by atoms with Crippen LogP contribution in [0, 0.1) is 6.92 Å². The molecular weight excluding hydrogens is 316 g/mol. The van der Waals surface area contributed by atoms with Gasteiger partial charge in [-0.05, 0) is 19.8 Å². The predicted molar refractivity (Wildman–Crippen MR) is 87.2 cm³/mol. The van der Waals surface area contributed by atoms with Gasteiger partial charge in [-0.3, -0.25) is 4.79 Å². The number of hydrogen-bond acceptors (Lipinski definition) is 6. The summed E-state index contributed by atoms with van der Waals surface area (Å²) in [5.74, 6) is 0. The first-order valence-electron chi connectivity index (χ1n) is 7.78. The van der Waals surface area contributed by atoms with E-state index in [1.165, 1.54) is 17.4 Å². The van der Waals surface area contributed by atoms with Gasteiger partial charge in [-0.25, -0.2) is 9.31 Å². The zero-order valence-electron chi connectivity index (χ0n) is 12.9. The van der Waals surface area contributed by atoms with E-state index in [0.29, 0.717) is 24.1 Å². The molecule has 9 heteroatoms. The summed E-state index contributed by atoms with van der Waals surface area (Å²) in [6.07, 6.45) is 2.20. The maximum atomic E-state index is 12.0. The summed E-state index contributed by atoms with van der Waals surface area (Å²) in [6.45, 7) is 4.68. The summed E-state index contributed by atoms with van der Waals surface area (Å²) >= 11 is 1.41. The number of amides is 2. The van der Waals surface area contributed by atoms with E-state index in [1.54, 1.807) is 4.52 Å². The van der Waals surface area contributed by atoms with Gasteiger partial charge in [0.05, 0.1) is 0 Å². The second-order valence-electron chi connectivity index (χ2n) is 6.01. The van der Waals surface area contributed by atoms with Gasteiger partial charge in [0, 0.05) is 44.0 Å². The molecule has 1 saturated carbocycles. The van der Waals surface area contributed by atoms with Crippen molar-refractivity contribution in [2.75, 3.05) is 31.1 Å². The number of carbonyl (C=O) groups is 1. The van der Waals surface area contributed by atoms with Crippen molar-refractivity contribution in [3.63, 3.8) is 0 Å². The summed E-state index contributed by atoms with van der Waals surface area (Å²) in [7, 11) is 0. The van der Waals surface area contributed by atoms with Gasteiger partial charge < -0.3 is 15.1 Å². The molecule has 1 aliphatic heterocycles. The topological polar surface area (TPSA) is 82.8 Å². The summed E-state index contributed by atoms with van der Waals surface area (Å²) < 4.78 is 1.70. The fraction of sp³-hybridized carbons (Fsp3) is 0.571. The van der Waals surface area contributed by atoms with Crippen LogP contribution in [-0.4, -0.2) is 57.7 Å². The first kappa shape index (κ1) is 14.4. The molecule has 3 heterocycles. The van der Waals surface area contributed by atoms with Crippen LogP contribution in [0.3, 0.4) is 0 Å². The smallest absolute Gasteiger partial charge is 0.317 e. The normalized spacial score (nSPS) is 18.5. The SMILES string of the molecule is Cc1cc(=O)nc2sc(N3CCN(C(=O)NC4CC4)CC3)nn12. The Morgan fingerprint density at radius 2 is 2.04 bits per heavy atom. The van der Waals surface area contributed by atoms with Crippen molar-refractivity contribution in [1.82, 2.24) is 24.8 Å². The van der Waals surface area contributed by atoms with Gasteiger partial charge in [-0.15, -0.1) is 5.10 Å². The molecular formula is C14H18N6O2S.